The maximum Gasteiger partial charge on any atom is 0.261 e. The van der Waals surface area contributed by atoms with Crippen LogP contribution in [0.1, 0.15) is 25.8 Å². The van der Waals surface area contributed by atoms with Crippen molar-refractivity contribution in [3.8, 4) is 5.75 Å². The summed E-state index contributed by atoms with van der Waals surface area (Å²) >= 11 is 5.92. The van der Waals surface area contributed by atoms with Gasteiger partial charge in [-0.1, -0.05) is 30.7 Å². The lowest BCUT2D eigenvalue weighted by atomic mass is 10.1. The van der Waals surface area contributed by atoms with Crippen LogP contribution in [0.5, 0.6) is 5.75 Å². The van der Waals surface area contributed by atoms with Gasteiger partial charge in [-0.3, -0.25) is 9.59 Å². The molecule has 0 heterocycles. The zero-order chi connectivity index (χ0) is 20.5. The van der Waals surface area contributed by atoms with Gasteiger partial charge in [-0.2, -0.15) is 0 Å². The van der Waals surface area contributed by atoms with Gasteiger partial charge in [-0.05, 0) is 55.3 Å². The third-order valence-electron chi connectivity index (χ3n) is 4.16. The lowest BCUT2D eigenvalue weighted by Gasteiger charge is -2.28. The maximum absolute atomic E-state index is 13.0. The van der Waals surface area contributed by atoms with Crippen LogP contribution in [0.4, 0.5) is 4.39 Å². The molecule has 5 nitrogen and oxygen atoms in total. The summed E-state index contributed by atoms with van der Waals surface area (Å²) in [6, 6.07) is 11.8. The van der Waals surface area contributed by atoms with E-state index in [-0.39, 0.29) is 30.8 Å². The van der Waals surface area contributed by atoms with Crippen LogP contribution in [0.15, 0.2) is 48.5 Å². The second kappa shape index (κ2) is 10.7. The van der Waals surface area contributed by atoms with E-state index in [1.165, 1.54) is 29.2 Å². The molecule has 0 aliphatic rings. The van der Waals surface area contributed by atoms with Gasteiger partial charge in [0.25, 0.3) is 5.91 Å². The van der Waals surface area contributed by atoms with Crippen molar-refractivity contribution in [2.75, 3.05) is 13.2 Å². The van der Waals surface area contributed by atoms with Gasteiger partial charge >= 0.3 is 0 Å². The minimum Gasteiger partial charge on any atom is -0.484 e. The van der Waals surface area contributed by atoms with E-state index in [4.69, 9.17) is 16.3 Å². The first-order valence-corrected chi connectivity index (χ1v) is 9.48. The number of carbonyl (C=O) groups is 2. The monoisotopic (exact) mass is 406 g/mol. The van der Waals surface area contributed by atoms with Gasteiger partial charge in [0.05, 0.1) is 0 Å². The molecule has 0 spiro atoms. The summed E-state index contributed by atoms with van der Waals surface area (Å²) in [5, 5.41) is 3.40. The lowest BCUT2D eigenvalue weighted by molar-refractivity contribution is -0.142. The van der Waals surface area contributed by atoms with Crippen LogP contribution in [-0.4, -0.2) is 35.9 Å². The molecular weight excluding hydrogens is 383 g/mol. The number of hydrogen-bond acceptors (Lipinski definition) is 3. The number of rotatable bonds is 9. The van der Waals surface area contributed by atoms with Gasteiger partial charge < -0.3 is 15.0 Å². The number of benzene rings is 2. The van der Waals surface area contributed by atoms with Crippen molar-refractivity contribution in [3.63, 3.8) is 0 Å². The second-order valence-corrected chi connectivity index (χ2v) is 6.79. The van der Waals surface area contributed by atoms with E-state index >= 15 is 0 Å². The first-order valence-electron chi connectivity index (χ1n) is 9.10. The molecule has 2 rings (SSSR count). The molecule has 0 saturated carbocycles. The molecule has 2 aromatic rings. The Morgan fingerprint density at radius 3 is 2.39 bits per heavy atom. The molecule has 7 heteroatoms. The van der Waals surface area contributed by atoms with Gasteiger partial charge in [0, 0.05) is 18.1 Å². The van der Waals surface area contributed by atoms with Crippen molar-refractivity contribution in [3.05, 3.63) is 64.9 Å². The van der Waals surface area contributed by atoms with Gasteiger partial charge in [-0.25, -0.2) is 4.39 Å². The fraction of sp³-hybridized carbons (Fsp3) is 0.333. The highest BCUT2D eigenvalue weighted by Gasteiger charge is 2.26. The third kappa shape index (κ3) is 6.53. The predicted octanol–water partition coefficient (Wildman–Crippen LogP) is 3.80. The minimum atomic E-state index is -0.674. The van der Waals surface area contributed by atoms with E-state index in [1.807, 2.05) is 6.92 Å². The Morgan fingerprint density at radius 2 is 1.79 bits per heavy atom. The van der Waals surface area contributed by atoms with Crippen LogP contribution >= 0.6 is 11.6 Å². The van der Waals surface area contributed by atoms with E-state index in [1.54, 1.807) is 31.2 Å². The maximum atomic E-state index is 13.0. The normalized spacial score (nSPS) is 11.6. The Kier molecular flexibility index (Phi) is 8.26. The molecule has 150 valence electrons. The lowest BCUT2D eigenvalue weighted by Crippen LogP contribution is -2.49. The number of hydrogen-bond donors (Lipinski definition) is 1. The summed E-state index contributed by atoms with van der Waals surface area (Å²) in [7, 11) is 0. The summed E-state index contributed by atoms with van der Waals surface area (Å²) in [5.74, 6) is -0.585. The summed E-state index contributed by atoms with van der Waals surface area (Å²) in [4.78, 5) is 26.6. The van der Waals surface area contributed by atoms with Crippen molar-refractivity contribution in [2.24, 2.45) is 0 Å². The molecule has 0 bridgehead atoms. The Morgan fingerprint density at radius 1 is 1.14 bits per heavy atom. The van der Waals surface area contributed by atoms with Crippen LogP contribution in [-0.2, 0) is 16.1 Å². The van der Waals surface area contributed by atoms with Crippen molar-refractivity contribution >= 4 is 23.4 Å². The molecular formula is C21H24ClFN2O3. The molecule has 0 aromatic heterocycles. The molecule has 0 fully saturated rings. The predicted molar refractivity (Wildman–Crippen MR) is 107 cm³/mol. The second-order valence-electron chi connectivity index (χ2n) is 6.36. The standard InChI is InChI=1S/C21H24ClFN2O3/c1-3-12-24-21(27)15(2)25(13-16-4-6-17(22)7-5-16)20(26)14-28-19-10-8-18(23)9-11-19/h4-11,15H,3,12-14H2,1-2H3,(H,24,27)/t15-/m0/s1. The Hall–Kier alpha value is -2.60. The van der Waals surface area contributed by atoms with E-state index in [0.29, 0.717) is 17.3 Å². The van der Waals surface area contributed by atoms with Crippen LogP contribution < -0.4 is 10.1 Å². The first-order chi connectivity index (χ1) is 13.4. The molecule has 0 aliphatic carbocycles. The number of halogens is 2. The van der Waals surface area contributed by atoms with Crippen molar-refractivity contribution in [2.45, 2.75) is 32.9 Å². The summed E-state index contributed by atoms with van der Waals surface area (Å²) in [5.41, 5.74) is 0.842. The highest BCUT2D eigenvalue weighted by Crippen LogP contribution is 2.15. The Labute approximate surface area is 169 Å². The molecule has 1 N–H and O–H groups in total. The quantitative estimate of drug-likeness (QED) is 0.689. The first kappa shape index (κ1) is 21.7. The highest BCUT2D eigenvalue weighted by molar-refractivity contribution is 6.30. The topological polar surface area (TPSA) is 58.6 Å². The summed E-state index contributed by atoms with van der Waals surface area (Å²) in [6.07, 6.45) is 0.803. The molecule has 0 unspecified atom stereocenters. The third-order valence-corrected chi connectivity index (χ3v) is 4.41. The largest absolute Gasteiger partial charge is 0.484 e. The number of nitrogens with zero attached hydrogens (tertiary/aromatic N) is 1. The van der Waals surface area contributed by atoms with Crippen molar-refractivity contribution in [1.29, 1.82) is 0 Å². The van der Waals surface area contributed by atoms with Crippen molar-refractivity contribution < 1.29 is 18.7 Å². The van der Waals surface area contributed by atoms with Crippen LogP contribution in [0.25, 0.3) is 0 Å². The fourth-order valence-corrected chi connectivity index (χ4v) is 2.65. The zero-order valence-corrected chi connectivity index (χ0v) is 16.7. The van der Waals surface area contributed by atoms with Gasteiger partial charge in [-0.15, -0.1) is 0 Å². The molecule has 28 heavy (non-hydrogen) atoms. The minimum absolute atomic E-state index is 0.231. The van der Waals surface area contributed by atoms with Crippen LogP contribution in [0.2, 0.25) is 5.02 Å². The number of carbonyl (C=O) groups excluding carboxylic acids is 2. The molecule has 2 aromatic carbocycles. The van der Waals surface area contributed by atoms with Gasteiger partial charge in [0.1, 0.15) is 17.6 Å². The van der Waals surface area contributed by atoms with E-state index < -0.39 is 6.04 Å². The van der Waals surface area contributed by atoms with E-state index in [2.05, 4.69) is 5.32 Å². The van der Waals surface area contributed by atoms with Gasteiger partial charge in [0.2, 0.25) is 5.91 Å². The average molecular weight is 407 g/mol. The van der Waals surface area contributed by atoms with Crippen molar-refractivity contribution in [1.82, 2.24) is 10.2 Å². The van der Waals surface area contributed by atoms with Crippen LogP contribution in [0.3, 0.4) is 0 Å². The Balaban J connectivity index is 2.10. The molecule has 1 atom stereocenters. The van der Waals surface area contributed by atoms with Crippen LogP contribution in [0, 0.1) is 5.82 Å². The van der Waals surface area contributed by atoms with E-state index in [9.17, 15) is 14.0 Å². The molecule has 0 aliphatic heterocycles. The Bertz CT molecular complexity index is 781. The van der Waals surface area contributed by atoms with Gasteiger partial charge in [0.15, 0.2) is 6.61 Å². The molecule has 0 radical (unpaired) electrons. The number of amides is 2. The summed E-state index contributed by atoms with van der Waals surface area (Å²) < 4.78 is 18.5. The fourth-order valence-electron chi connectivity index (χ4n) is 2.52. The number of ether oxygens (including phenoxy) is 1. The average Bonchev–Trinajstić information content (AvgIpc) is 2.70. The molecule has 2 amide bonds. The highest BCUT2D eigenvalue weighted by atomic mass is 35.5. The smallest absolute Gasteiger partial charge is 0.261 e. The SMILES string of the molecule is CCCNC(=O)[C@H](C)N(Cc1ccc(Cl)cc1)C(=O)COc1ccc(F)cc1. The van der Waals surface area contributed by atoms with E-state index in [0.717, 1.165) is 12.0 Å². The zero-order valence-electron chi connectivity index (χ0n) is 16.0. The number of nitrogens with one attached hydrogen (secondary N) is 1. The summed E-state index contributed by atoms with van der Waals surface area (Å²) in [6.45, 7) is 4.15. The molecule has 0 saturated heterocycles.